The highest BCUT2D eigenvalue weighted by Gasteiger charge is 2.18. The Morgan fingerprint density at radius 2 is 1.13 bits per heavy atom. The molecule has 55 heavy (non-hydrogen) atoms. The van der Waals surface area contributed by atoms with Gasteiger partial charge in [0.1, 0.15) is 16.3 Å². The second-order valence-electron chi connectivity index (χ2n) is 10.6. The molecule has 0 aliphatic heterocycles. The molecule has 4 rings (SSSR count). The van der Waals surface area contributed by atoms with Gasteiger partial charge in [-0.05, 0) is 60.7 Å². The molecule has 3 aromatic carbocycles. The second kappa shape index (κ2) is 17.1. The average molecular weight is 845 g/mol. The molecule has 0 aliphatic rings. The van der Waals surface area contributed by atoms with E-state index in [1.165, 1.54) is 36.4 Å². The van der Waals surface area contributed by atoms with Crippen LogP contribution in [0.3, 0.4) is 0 Å². The van der Waals surface area contributed by atoms with Crippen LogP contribution in [0.2, 0.25) is 0 Å². The molecule has 10 N–H and O–H groups in total. The van der Waals surface area contributed by atoms with E-state index in [-0.39, 0.29) is 65.1 Å². The number of carbonyl (C=O) groups excluding carboxylic acids is 1. The van der Waals surface area contributed by atoms with E-state index in [0.29, 0.717) is 0 Å². The van der Waals surface area contributed by atoms with Gasteiger partial charge in [0.05, 0.1) is 33.5 Å². The molecule has 2 amide bonds. The summed E-state index contributed by atoms with van der Waals surface area (Å²) in [5, 5.41) is 25.7. The molecular weight excluding hydrogens is 817 g/mol. The molecule has 0 radical (unpaired) electrons. The molecule has 4 aromatic rings. The van der Waals surface area contributed by atoms with Crippen LogP contribution < -0.4 is 27.0 Å². The molecule has 0 aliphatic carbocycles. The van der Waals surface area contributed by atoms with Gasteiger partial charge < -0.3 is 27.0 Å². The Labute approximate surface area is 311 Å². The SMILES string of the molecule is NC(=O)Nc1cc(Nc2nc(NCCS(=O)(=O)O)nc(NCCS(=O)(=O)O)n2)ccc1N=Nc1ccc(N=Nc2ccc(S(=O)(=O)O)cc2)cc1S(=O)(=O)O. The number of carbonyl (C=O) groups is 1. The van der Waals surface area contributed by atoms with Crippen LogP contribution >= 0.6 is 0 Å². The molecule has 0 bridgehead atoms. The van der Waals surface area contributed by atoms with Crippen LogP contribution in [0.5, 0.6) is 0 Å². The smallest absolute Gasteiger partial charge is 0.316 e. The first-order chi connectivity index (χ1) is 25.5. The summed E-state index contributed by atoms with van der Waals surface area (Å²) >= 11 is 0. The van der Waals surface area contributed by atoms with Gasteiger partial charge in [-0.3, -0.25) is 18.2 Å². The summed E-state index contributed by atoms with van der Waals surface area (Å²) in [4.78, 5) is 22.8. The Balaban J connectivity index is 1.61. The first kappa shape index (κ1) is 41.9. The van der Waals surface area contributed by atoms with Crippen molar-refractivity contribution in [1.82, 2.24) is 15.0 Å². The third-order valence-corrected chi connectivity index (χ3v) is 9.53. The Hall–Kier alpha value is -5.82. The second-order valence-corrected chi connectivity index (χ2v) is 16.5. The van der Waals surface area contributed by atoms with Crippen LogP contribution in [0, 0.1) is 0 Å². The number of aromatic nitrogens is 3. The zero-order valence-electron chi connectivity index (χ0n) is 27.4. The number of nitrogens with two attached hydrogens (primary N) is 1. The molecule has 29 heteroatoms. The highest BCUT2D eigenvalue weighted by molar-refractivity contribution is 7.86. The molecule has 0 atom stereocenters. The minimum absolute atomic E-state index is 0.0798. The third-order valence-electron chi connectivity index (χ3n) is 6.33. The summed E-state index contributed by atoms with van der Waals surface area (Å²) < 4.78 is 128. The maximum absolute atomic E-state index is 12.2. The summed E-state index contributed by atoms with van der Waals surface area (Å²) in [6.45, 7) is -0.691. The molecule has 0 fully saturated rings. The number of hydrogen-bond donors (Lipinski definition) is 9. The first-order valence-corrected chi connectivity index (χ1v) is 20.8. The fourth-order valence-corrected chi connectivity index (χ4v) is 5.84. The number of anilines is 5. The number of amides is 2. The van der Waals surface area contributed by atoms with E-state index in [9.17, 15) is 43.0 Å². The minimum Gasteiger partial charge on any atom is -0.353 e. The molecule has 1 heterocycles. The molecule has 1 aromatic heterocycles. The number of nitrogens with one attached hydrogen (secondary N) is 4. The number of nitrogens with zero attached hydrogens (tertiary/aromatic N) is 7. The molecule has 294 valence electrons. The Bertz CT molecular complexity index is 2530. The van der Waals surface area contributed by atoms with Gasteiger partial charge in [0.15, 0.2) is 0 Å². The summed E-state index contributed by atoms with van der Waals surface area (Å²) in [6.07, 6.45) is 0. The van der Waals surface area contributed by atoms with Crippen LogP contribution in [-0.4, -0.2) is 97.5 Å². The number of azo groups is 2. The quantitative estimate of drug-likeness (QED) is 0.0544. The van der Waals surface area contributed by atoms with Gasteiger partial charge in [0.25, 0.3) is 40.5 Å². The Morgan fingerprint density at radius 1 is 0.618 bits per heavy atom. The molecular formula is C26H28N12O13S4. The van der Waals surface area contributed by atoms with Crippen molar-refractivity contribution in [3.05, 3.63) is 60.7 Å². The molecule has 0 spiro atoms. The maximum Gasteiger partial charge on any atom is 0.316 e. The normalized spacial score (nSPS) is 12.5. The van der Waals surface area contributed by atoms with Crippen LogP contribution in [0.4, 0.5) is 56.8 Å². The van der Waals surface area contributed by atoms with Crippen LogP contribution in [-0.2, 0) is 40.5 Å². The zero-order valence-corrected chi connectivity index (χ0v) is 30.7. The number of rotatable bonds is 17. The predicted octanol–water partition coefficient (Wildman–Crippen LogP) is 3.03. The average Bonchev–Trinajstić information content (AvgIpc) is 3.05. The number of primary amides is 1. The van der Waals surface area contributed by atoms with Crippen molar-refractivity contribution in [3.63, 3.8) is 0 Å². The van der Waals surface area contributed by atoms with Crippen molar-refractivity contribution in [1.29, 1.82) is 0 Å². The predicted molar refractivity (Wildman–Crippen MR) is 193 cm³/mol. The molecule has 0 saturated heterocycles. The van der Waals surface area contributed by atoms with Gasteiger partial charge in [-0.15, -0.1) is 10.2 Å². The number of hydrogen-bond acceptors (Lipinski definition) is 19. The zero-order chi connectivity index (χ0) is 40.6. The van der Waals surface area contributed by atoms with Crippen molar-refractivity contribution < 1.29 is 56.7 Å². The van der Waals surface area contributed by atoms with E-state index >= 15 is 0 Å². The lowest BCUT2D eigenvalue weighted by Crippen LogP contribution is -2.19. The monoisotopic (exact) mass is 844 g/mol. The minimum atomic E-state index is -4.93. The lowest BCUT2D eigenvalue weighted by Gasteiger charge is -2.12. The fraction of sp³-hybridized carbons (Fsp3) is 0.154. The van der Waals surface area contributed by atoms with Gasteiger partial charge in [-0.25, -0.2) is 4.79 Å². The summed E-state index contributed by atoms with van der Waals surface area (Å²) in [5.74, 6) is -2.11. The van der Waals surface area contributed by atoms with E-state index in [2.05, 4.69) is 56.7 Å². The number of urea groups is 1. The van der Waals surface area contributed by atoms with Crippen molar-refractivity contribution in [2.75, 3.05) is 45.9 Å². The fourth-order valence-electron chi connectivity index (χ4n) is 4.00. The largest absolute Gasteiger partial charge is 0.353 e. The Morgan fingerprint density at radius 3 is 1.65 bits per heavy atom. The molecule has 25 nitrogen and oxygen atoms in total. The lowest BCUT2D eigenvalue weighted by molar-refractivity contribution is 0.259. The Kier molecular flexibility index (Phi) is 13.0. The summed E-state index contributed by atoms with van der Waals surface area (Å²) in [6, 6.07) is 10.8. The van der Waals surface area contributed by atoms with Gasteiger partial charge in [0, 0.05) is 18.8 Å². The summed E-state index contributed by atoms with van der Waals surface area (Å²) in [5.41, 5.74) is 4.97. The van der Waals surface area contributed by atoms with Gasteiger partial charge >= 0.3 is 6.03 Å². The lowest BCUT2D eigenvalue weighted by atomic mass is 10.2. The van der Waals surface area contributed by atoms with E-state index in [1.54, 1.807) is 0 Å². The van der Waals surface area contributed by atoms with Gasteiger partial charge in [-0.2, -0.15) is 58.9 Å². The standard InChI is InChI=1S/C26H28N12O13S4/c27-23(39)31-21-13-16(30-26-33-24(28-9-11-52(40,41)42)32-25(34-26)29-10-12-53(43,44)45)3-7-19(21)37-38-20-8-4-17(14-22(20)55(49,50)51)36-35-15-1-5-18(6-2-15)54(46,47)48/h1-8,13-14H,9-12H2,(H3,27,31,39)(H,40,41,42)(H,43,44,45)(H,46,47,48)(H,49,50,51)(H3,28,29,30,32,33,34). The van der Waals surface area contributed by atoms with Crippen molar-refractivity contribution >= 4 is 98.5 Å². The van der Waals surface area contributed by atoms with Crippen molar-refractivity contribution in [3.8, 4) is 0 Å². The van der Waals surface area contributed by atoms with Crippen LogP contribution in [0.15, 0.2) is 90.9 Å². The van der Waals surface area contributed by atoms with Crippen molar-refractivity contribution in [2.24, 2.45) is 26.2 Å². The molecule has 0 unspecified atom stereocenters. The van der Waals surface area contributed by atoms with E-state index in [1.807, 2.05) is 0 Å². The van der Waals surface area contributed by atoms with Gasteiger partial charge in [-0.1, -0.05) is 0 Å². The topological polar surface area (TPSA) is 397 Å². The van der Waals surface area contributed by atoms with E-state index < -0.39 is 67.8 Å². The highest BCUT2D eigenvalue weighted by Crippen LogP contribution is 2.34. The molecule has 0 saturated carbocycles. The maximum atomic E-state index is 12.2. The number of benzene rings is 3. The van der Waals surface area contributed by atoms with Crippen LogP contribution in [0.25, 0.3) is 0 Å². The highest BCUT2D eigenvalue weighted by atomic mass is 32.2. The van der Waals surface area contributed by atoms with E-state index in [0.717, 1.165) is 24.3 Å². The third kappa shape index (κ3) is 13.8. The van der Waals surface area contributed by atoms with Gasteiger partial charge in [0.2, 0.25) is 17.8 Å². The first-order valence-electron chi connectivity index (χ1n) is 14.7. The van der Waals surface area contributed by atoms with E-state index in [4.69, 9.17) is 19.4 Å². The summed E-state index contributed by atoms with van der Waals surface area (Å²) in [7, 11) is -18.1. The van der Waals surface area contributed by atoms with Crippen molar-refractivity contribution in [2.45, 2.75) is 9.79 Å². The van der Waals surface area contributed by atoms with Crippen LogP contribution in [0.1, 0.15) is 0 Å².